The summed E-state index contributed by atoms with van der Waals surface area (Å²) in [5.74, 6) is 3.88. The predicted octanol–water partition coefficient (Wildman–Crippen LogP) is 3.16. The number of aliphatic hydroxyl groups is 1. The second kappa shape index (κ2) is 3.73. The average Bonchev–Trinajstić information content (AvgIpc) is 2.87. The summed E-state index contributed by atoms with van der Waals surface area (Å²) in [6.07, 6.45) is 11.0. The third-order valence-corrected chi connectivity index (χ3v) is 5.10. The van der Waals surface area contributed by atoms with Crippen molar-refractivity contribution in [3.05, 3.63) is 23.8 Å². The lowest BCUT2D eigenvalue weighted by atomic mass is 9.78. The van der Waals surface area contributed by atoms with E-state index in [2.05, 4.69) is 25.2 Å². The maximum Gasteiger partial charge on any atom is 0.0572 e. The van der Waals surface area contributed by atoms with Crippen molar-refractivity contribution in [2.75, 3.05) is 0 Å². The summed E-state index contributed by atoms with van der Waals surface area (Å²) < 4.78 is 0. The van der Waals surface area contributed by atoms with Gasteiger partial charge in [-0.3, -0.25) is 0 Å². The fourth-order valence-corrected chi connectivity index (χ4v) is 4.05. The van der Waals surface area contributed by atoms with Crippen LogP contribution in [-0.2, 0) is 0 Å². The first kappa shape index (κ1) is 10.6. The number of aliphatic hydroxyl groups excluding tert-OH is 1. The lowest BCUT2D eigenvalue weighted by Crippen LogP contribution is -2.20. The smallest absolute Gasteiger partial charge is 0.0572 e. The van der Waals surface area contributed by atoms with Crippen molar-refractivity contribution in [1.82, 2.24) is 0 Å². The Labute approximate surface area is 98.2 Å². The zero-order chi connectivity index (χ0) is 11.3. The highest BCUT2D eigenvalue weighted by molar-refractivity contribution is 5.27. The molecular formula is C15H22O. The van der Waals surface area contributed by atoms with Gasteiger partial charge in [0.05, 0.1) is 6.10 Å². The Morgan fingerprint density at radius 2 is 2.25 bits per heavy atom. The molecule has 0 heterocycles. The topological polar surface area (TPSA) is 20.2 Å². The monoisotopic (exact) mass is 218 g/mol. The summed E-state index contributed by atoms with van der Waals surface area (Å²) in [4.78, 5) is 0. The second-order valence-electron chi connectivity index (χ2n) is 6.05. The summed E-state index contributed by atoms with van der Waals surface area (Å²) in [5, 5.41) is 9.58. The molecule has 0 aromatic carbocycles. The van der Waals surface area contributed by atoms with Crippen molar-refractivity contribution >= 4 is 0 Å². The van der Waals surface area contributed by atoms with E-state index in [9.17, 15) is 5.11 Å². The van der Waals surface area contributed by atoms with Gasteiger partial charge in [0, 0.05) is 0 Å². The molecule has 3 aliphatic rings. The SMILES string of the molecule is C[C@H](O)[C@H](C)/C=C1/C[C@@H]2C[C@H]1[C@H]1C=CC[C@@H]21. The van der Waals surface area contributed by atoms with Crippen LogP contribution in [0.25, 0.3) is 0 Å². The summed E-state index contributed by atoms with van der Waals surface area (Å²) >= 11 is 0. The van der Waals surface area contributed by atoms with E-state index in [1.807, 2.05) is 6.92 Å². The van der Waals surface area contributed by atoms with Crippen molar-refractivity contribution in [1.29, 1.82) is 0 Å². The summed E-state index contributed by atoms with van der Waals surface area (Å²) in [6.45, 7) is 4.03. The van der Waals surface area contributed by atoms with E-state index in [1.54, 1.807) is 5.57 Å². The van der Waals surface area contributed by atoms with Crippen LogP contribution in [0, 0.1) is 29.6 Å². The fourth-order valence-electron chi connectivity index (χ4n) is 4.05. The lowest BCUT2D eigenvalue weighted by molar-refractivity contribution is 0.156. The maximum absolute atomic E-state index is 9.58. The van der Waals surface area contributed by atoms with Gasteiger partial charge < -0.3 is 5.11 Å². The quantitative estimate of drug-likeness (QED) is 0.706. The molecule has 6 atom stereocenters. The Hall–Kier alpha value is -0.560. The molecule has 2 fully saturated rings. The van der Waals surface area contributed by atoms with Crippen LogP contribution in [0.15, 0.2) is 23.8 Å². The molecule has 0 unspecified atom stereocenters. The minimum Gasteiger partial charge on any atom is -0.393 e. The zero-order valence-electron chi connectivity index (χ0n) is 10.3. The molecule has 16 heavy (non-hydrogen) atoms. The molecule has 1 heteroatoms. The first-order valence-electron chi connectivity index (χ1n) is 6.72. The Morgan fingerprint density at radius 3 is 3.00 bits per heavy atom. The summed E-state index contributed by atoms with van der Waals surface area (Å²) in [5.41, 5.74) is 1.64. The third-order valence-electron chi connectivity index (χ3n) is 5.10. The Kier molecular flexibility index (Phi) is 2.47. The Morgan fingerprint density at radius 1 is 1.44 bits per heavy atom. The highest BCUT2D eigenvalue weighted by Crippen LogP contribution is 2.58. The molecule has 2 bridgehead atoms. The molecule has 0 amide bonds. The van der Waals surface area contributed by atoms with Gasteiger partial charge in [-0.2, -0.15) is 0 Å². The molecule has 3 rings (SSSR count). The van der Waals surface area contributed by atoms with Crippen LogP contribution in [0.3, 0.4) is 0 Å². The predicted molar refractivity (Wildman–Crippen MR) is 65.9 cm³/mol. The van der Waals surface area contributed by atoms with E-state index in [0.717, 1.165) is 23.7 Å². The van der Waals surface area contributed by atoms with E-state index in [4.69, 9.17) is 0 Å². The minimum absolute atomic E-state index is 0.207. The molecule has 0 aliphatic heterocycles. The second-order valence-corrected chi connectivity index (χ2v) is 6.05. The first-order valence-corrected chi connectivity index (χ1v) is 6.72. The third kappa shape index (κ3) is 1.48. The van der Waals surface area contributed by atoms with Gasteiger partial charge >= 0.3 is 0 Å². The van der Waals surface area contributed by atoms with Crippen molar-refractivity contribution in [3.63, 3.8) is 0 Å². The number of hydrogen-bond donors (Lipinski definition) is 1. The number of allylic oxidation sites excluding steroid dienone is 3. The van der Waals surface area contributed by atoms with Gasteiger partial charge in [0.1, 0.15) is 0 Å². The van der Waals surface area contributed by atoms with E-state index in [0.29, 0.717) is 5.92 Å². The molecule has 1 nitrogen and oxygen atoms in total. The van der Waals surface area contributed by atoms with Crippen molar-refractivity contribution in [2.45, 2.75) is 39.2 Å². The first-order chi connectivity index (χ1) is 7.66. The molecule has 0 saturated heterocycles. The molecule has 0 spiro atoms. The zero-order valence-corrected chi connectivity index (χ0v) is 10.3. The molecule has 0 aromatic heterocycles. The van der Waals surface area contributed by atoms with Gasteiger partial charge in [-0.15, -0.1) is 0 Å². The summed E-state index contributed by atoms with van der Waals surface area (Å²) in [7, 11) is 0. The lowest BCUT2D eigenvalue weighted by Gasteiger charge is -2.27. The van der Waals surface area contributed by atoms with Crippen LogP contribution >= 0.6 is 0 Å². The van der Waals surface area contributed by atoms with Crippen LogP contribution in [0.4, 0.5) is 0 Å². The van der Waals surface area contributed by atoms with E-state index in [1.165, 1.54) is 19.3 Å². The standard InChI is InChI=1S/C15H22O/c1-9(10(2)16)6-11-7-12-8-15(11)14-5-3-4-13(12)14/h3,5-6,9-10,12-16H,4,7-8H2,1-2H3/b11-6-/t9-,10+,12-,13+,14+,15-/m1/s1. The molecule has 0 aromatic rings. The largest absolute Gasteiger partial charge is 0.393 e. The maximum atomic E-state index is 9.58. The molecule has 3 aliphatic carbocycles. The molecule has 0 radical (unpaired) electrons. The molecule has 2 saturated carbocycles. The molecule has 1 N–H and O–H groups in total. The van der Waals surface area contributed by atoms with Crippen molar-refractivity contribution < 1.29 is 5.11 Å². The van der Waals surface area contributed by atoms with Crippen LogP contribution in [0.1, 0.15) is 33.1 Å². The average molecular weight is 218 g/mol. The van der Waals surface area contributed by atoms with Gasteiger partial charge in [-0.05, 0) is 55.8 Å². The van der Waals surface area contributed by atoms with Gasteiger partial charge in [-0.1, -0.05) is 30.7 Å². The van der Waals surface area contributed by atoms with Gasteiger partial charge in [-0.25, -0.2) is 0 Å². The van der Waals surface area contributed by atoms with Crippen molar-refractivity contribution in [3.8, 4) is 0 Å². The van der Waals surface area contributed by atoms with Gasteiger partial charge in [0.15, 0.2) is 0 Å². The Bertz CT molecular complexity index is 339. The van der Waals surface area contributed by atoms with Crippen LogP contribution < -0.4 is 0 Å². The van der Waals surface area contributed by atoms with Gasteiger partial charge in [0.25, 0.3) is 0 Å². The fraction of sp³-hybridized carbons (Fsp3) is 0.733. The highest BCUT2D eigenvalue weighted by Gasteiger charge is 2.49. The number of fused-ring (bicyclic) bond motifs is 5. The normalized spacial score (nSPS) is 46.3. The number of rotatable bonds is 2. The van der Waals surface area contributed by atoms with E-state index < -0.39 is 0 Å². The van der Waals surface area contributed by atoms with Crippen LogP contribution in [0.5, 0.6) is 0 Å². The van der Waals surface area contributed by atoms with Crippen molar-refractivity contribution in [2.24, 2.45) is 29.6 Å². The summed E-state index contributed by atoms with van der Waals surface area (Å²) in [6, 6.07) is 0. The van der Waals surface area contributed by atoms with E-state index in [-0.39, 0.29) is 6.10 Å². The molecule has 88 valence electrons. The minimum atomic E-state index is -0.207. The Balaban J connectivity index is 1.79. The van der Waals surface area contributed by atoms with E-state index >= 15 is 0 Å². The number of hydrogen-bond acceptors (Lipinski definition) is 1. The highest BCUT2D eigenvalue weighted by atomic mass is 16.3. The van der Waals surface area contributed by atoms with Crippen LogP contribution in [0.2, 0.25) is 0 Å². The molecular weight excluding hydrogens is 196 g/mol. The van der Waals surface area contributed by atoms with Crippen LogP contribution in [-0.4, -0.2) is 11.2 Å². The van der Waals surface area contributed by atoms with Gasteiger partial charge in [0.2, 0.25) is 0 Å².